The van der Waals surface area contributed by atoms with Crippen molar-refractivity contribution in [1.29, 1.82) is 0 Å². The van der Waals surface area contributed by atoms with Crippen LogP contribution in [0.4, 0.5) is 11.4 Å². The van der Waals surface area contributed by atoms with E-state index in [1.165, 1.54) is 48.2 Å². The van der Waals surface area contributed by atoms with Gasteiger partial charge in [0.25, 0.3) is 0 Å². The Hall–Kier alpha value is -1.96. The van der Waals surface area contributed by atoms with Gasteiger partial charge in [-0.05, 0) is 47.9 Å². The Morgan fingerprint density at radius 2 is 1.07 bits per heavy atom. The molecule has 2 fully saturated rings. The van der Waals surface area contributed by atoms with Crippen molar-refractivity contribution in [3.8, 4) is 0 Å². The second-order valence-electron chi connectivity index (χ2n) is 8.93. The molecule has 2 aromatic carbocycles. The molecule has 0 spiro atoms. The van der Waals surface area contributed by atoms with E-state index in [0.717, 1.165) is 6.67 Å². The first kappa shape index (κ1) is 18.4. The van der Waals surface area contributed by atoms with E-state index in [2.05, 4.69) is 86.0 Å². The fraction of sp³-hybridized carbons (Fsp3) is 0.520. The number of nitrogens with zero attached hydrogens (tertiary/aromatic N) is 2. The molecule has 1 aliphatic carbocycles. The summed E-state index contributed by atoms with van der Waals surface area (Å²) in [6.07, 6.45) is 5.36. The fourth-order valence-electron chi connectivity index (χ4n) is 5.18. The van der Waals surface area contributed by atoms with Crippen molar-refractivity contribution < 1.29 is 0 Å². The van der Waals surface area contributed by atoms with Crippen molar-refractivity contribution in [3.05, 3.63) is 59.7 Å². The third-order valence-electron chi connectivity index (χ3n) is 6.54. The molecule has 0 bridgehead atoms. The molecule has 27 heavy (non-hydrogen) atoms. The third kappa shape index (κ3) is 3.35. The van der Waals surface area contributed by atoms with Gasteiger partial charge in [-0.25, -0.2) is 0 Å². The van der Waals surface area contributed by atoms with Gasteiger partial charge < -0.3 is 9.80 Å². The Balaban J connectivity index is 1.75. The van der Waals surface area contributed by atoms with E-state index in [4.69, 9.17) is 0 Å². The molecule has 0 unspecified atom stereocenters. The van der Waals surface area contributed by atoms with Gasteiger partial charge in [0.2, 0.25) is 0 Å². The highest BCUT2D eigenvalue weighted by Crippen LogP contribution is 2.42. The van der Waals surface area contributed by atoms with E-state index in [0.29, 0.717) is 23.9 Å². The topological polar surface area (TPSA) is 6.48 Å². The van der Waals surface area contributed by atoms with E-state index in [1.807, 2.05) is 0 Å². The first-order chi connectivity index (χ1) is 13.1. The molecule has 0 N–H and O–H groups in total. The summed E-state index contributed by atoms with van der Waals surface area (Å²) in [6.45, 7) is 10.3. The van der Waals surface area contributed by atoms with Crippen LogP contribution in [0.15, 0.2) is 48.5 Å². The quantitative estimate of drug-likeness (QED) is 0.610. The van der Waals surface area contributed by atoms with Crippen LogP contribution in [0.3, 0.4) is 0 Å². The summed E-state index contributed by atoms with van der Waals surface area (Å²) in [4.78, 5) is 5.44. The minimum atomic E-state index is 0.556. The van der Waals surface area contributed by atoms with Gasteiger partial charge >= 0.3 is 0 Å². The van der Waals surface area contributed by atoms with Crippen LogP contribution < -0.4 is 9.80 Å². The van der Waals surface area contributed by atoms with E-state index < -0.39 is 0 Å². The van der Waals surface area contributed by atoms with Crippen molar-refractivity contribution in [2.75, 3.05) is 16.5 Å². The molecule has 1 saturated heterocycles. The largest absolute Gasteiger partial charge is 0.348 e. The minimum Gasteiger partial charge on any atom is -0.348 e. The highest BCUT2D eigenvalue weighted by atomic mass is 15.4. The van der Waals surface area contributed by atoms with Gasteiger partial charge in [0.15, 0.2) is 0 Å². The van der Waals surface area contributed by atoms with Gasteiger partial charge in [-0.15, -0.1) is 0 Å². The molecule has 2 nitrogen and oxygen atoms in total. The number of para-hydroxylation sites is 2. The zero-order valence-corrected chi connectivity index (χ0v) is 17.4. The number of benzene rings is 2. The SMILES string of the molecule is CC(C)c1ccccc1N1CN(c2ccccc2C(C)C)[C@H]2CCCC[C@@H]21. The van der Waals surface area contributed by atoms with Crippen molar-refractivity contribution in [3.63, 3.8) is 0 Å². The van der Waals surface area contributed by atoms with Crippen LogP contribution in [0.2, 0.25) is 0 Å². The lowest BCUT2D eigenvalue weighted by Gasteiger charge is -2.34. The van der Waals surface area contributed by atoms with Gasteiger partial charge in [-0.1, -0.05) is 76.9 Å². The highest BCUT2D eigenvalue weighted by Gasteiger charge is 2.42. The van der Waals surface area contributed by atoms with Crippen molar-refractivity contribution >= 4 is 11.4 Å². The lowest BCUT2D eigenvalue weighted by atomic mass is 9.88. The van der Waals surface area contributed by atoms with Crippen LogP contribution in [0.5, 0.6) is 0 Å². The van der Waals surface area contributed by atoms with Crippen LogP contribution in [-0.4, -0.2) is 18.8 Å². The number of hydrogen-bond acceptors (Lipinski definition) is 2. The molecule has 2 aliphatic rings. The maximum absolute atomic E-state index is 2.72. The molecule has 0 amide bonds. The summed E-state index contributed by atoms with van der Waals surface area (Å²) >= 11 is 0. The lowest BCUT2D eigenvalue weighted by molar-refractivity contribution is 0.408. The van der Waals surface area contributed by atoms with E-state index in [-0.39, 0.29) is 0 Å². The Morgan fingerprint density at radius 1 is 0.667 bits per heavy atom. The third-order valence-corrected chi connectivity index (χ3v) is 6.54. The number of hydrogen-bond donors (Lipinski definition) is 0. The summed E-state index contributed by atoms with van der Waals surface area (Å²) in [7, 11) is 0. The molecular formula is C25H34N2. The van der Waals surface area contributed by atoms with Crippen LogP contribution in [0.1, 0.15) is 76.3 Å². The summed E-state index contributed by atoms with van der Waals surface area (Å²) in [6, 6.07) is 19.4. The molecule has 1 aliphatic heterocycles. The Bertz CT molecular complexity index is 714. The molecule has 0 aromatic heterocycles. The summed E-state index contributed by atoms with van der Waals surface area (Å²) in [5.41, 5.74) is 5.88. The second-order valence-corrected chi connectivity index (χ2v) is 8.93. The van der Waals surface area contributed by atoms with Gasteiger partial charge in [-0.2, -0.15) is 0 Å². The number of rotatable bonds is 4. The minimum absolute atomic E-state index is 0.556. The van der Waals surface area contributed by atoms with Crippen LogP contribution in [0, 0.1) is 0 Å². The highest BCUT2D eigenvalue weighted by molar-refractivity contribution is 5.64. The molecule has 1 saturated carbocycles. The Labute approximate surface area is 165 Å². The molecule has 144 valence electrons. The van der Waals surface area contributed by atoms with Gasteiger partial charge in [0.05, 0.1) is 18.8 Å². The predicted octanol–water partition coefficient (Wildman–Crippen LogP) is 6.53. The van der Waals surface area contributed by atoms with Gasteiger partial charge in [0.1, 0.15) is 0 Å². The molecular weight excluding hydrogens is 328 g/mol. The fourth-order valence-corrected chi connectivity index (χ4v) is 5.18. The van der Waals surface area contributed by atoms with Crippen LogP contribution in [0.25, 0.3) is 0 Å². The average molecular weight is 363 g/mol. The average Bonchev–Trinajstić information content (AvgIpc) is 3.07. The summed E-state index contributed by atoms with van der Waals surface area (Å²) in [5, 5.41) is 0. The number of fused-ring (bicyclic) bond motifs is 1. The molecule has 2 atom stereocenters. The van der Waals surface area contributed by atoms with Crippen molar-refractivity contribution in [2.24, 2.45) is 0 Å². The van der Waals surface area contributed by atoms with Crippen molar-refractivity contribution in [2.45, 2.75) is 77.3 Å². The maximum Gasteiger partial charge on any atom is 0.0910 e. The first-order valence-corrected chi connectivity index (χ1v) is 10.8. The smallest absolute Gasteiger partial charge is 0.0910 e. The monoisotopic (exact) mass is 362 g/mol. The molecule has 2 aromatic rings. The molecule has 2 heteroatoms. The normalized spacial score (nSPS) is 22.6. The molecule has 4 rings (SSSR count). The van der Waals surface area contributed by atoms with E-state index in [9.17, 15) is 0 Å². The lowest BCUT2D eigenvalue weighted by Crippen LogP contribution is -2.40. The molecule has 1 heterocycles. The zero-order chi connectivity index (χ0) is 19.0. The predicted molar refractivity (Wildman–Crippen MR) is 117 cm³/mol. The van der Waals surface area contributed by atoms with E-state index in [1.54, 1.807) is 0 Å². The summed E-state index contributed by atoms with van der Waals surface area (Å²) in [5.74, 6) is 1.11. The van der Waals surface area contributed by atoms with Gasteiger partial charge in [-0.3, -0.25) is 0 Å². The second kappa shape index (κ2) is 7.58. The first-order valence-electron chi connectivity index (χ1n) is 10.8. The Morgan fingerprint density at radius 3 is 1.48 bits per heavy atom. The number of anilines is 2. The maximum atomic E-state index is 2.72. The standard InChI is InChI=1S/C25H34N2/c1-18(2)20-11-5-7-13-22(20)26-17-27(25-16-10-9-15-24(25)26)23-14-8-6-12-21(23)19(3)4/h5-8,11-14,18-19,24-25H,9-10,15-17H2,1-4H3/t24-,25-/m0/s1. The van der Waals surface area contributed by atoms with Crippen molar-refractivity contribution in [1.82, 2.24) is 0 Å². The van der Waals surface area contributed by atoms with E-state index >= 15 is 0 Å². The van der Waals surface area contributed by atoms with Crippen LogP contribution in [-0.2, 0) is 0 Å². The molecule has 0 radical (unpaired) electrons. The Kier molecular flexibility index (Phi) is 5.16. The van der Waals surface area contributed by atoms with Gasteiger partial charge in [0, 0.05) is 11.4 Å². The zero-order valence-electron chi connectivity index (χ0n) is 17.4. The summed E-state index contributed by atoms with van der Waals surface area (Å²) < 4.78 is 0. The van der Waals surface area contributed by atoms with Crippen LogP contribution >= 0.6 is 0 Å².